The van der Waals surface area contributed by atoms with Crippen molar-refractivity contribution in [2.45, 2.75) is 69.9 Å². The van der Waals surface area contributed by atoms with E-state index in [1.807, 2.05) is 25.1 Å². The van der Waals surface area contributed by atoms with E-state index >= 15 is 0 Å². The number of esters is 2. The molecule has 1 saturated carbocycles. The third-order valence-corrected chi connectivity index (χ3v) is 5.55. The molecule has 1 N–H and O–H groups in total. The van der Waals surface area contributed by atoms with Crippen LogP contribution in [0.5, 0.6) is 0 Å². The molecule has 6 nitrogen and oxygen atoms in total. The fourth-order valence-corrected chi connectivity index (χ4v) is 4.14. The van der Waals surface area contributed by atoms with Crippen LogP contribution in [-0.2, 0) is 19.1 Å². The number of allylic oxidation sites excluding steroid dienone is 1. The molecule has 1 aromatic heterocycles. The lowest BCUT2D eigenvalue weighted by molar-refractivity contribution is -0.159. The molecule has 146 valence electrons. The van der Waals surface area contributed by atoms with Crippen molar-refractivity contribution in [2.24, 2.45) is 0 Å². The summed E-state index contributed by atoms with van der Waals surface area (Å²) in [6, 6.07) is 5.58. The monoisotopic (exact) mass is 372 g/mol. The average Bonchev–Trinajstić information content (AvgIpc) is 2.68. The molecule has 0 radical (unpaired) electrons. The third kappa shape index (κ3) is 4.15. The van der Waals surface area contributed by atoms with E-state index in [9.17, 15) is 9.59 Å². The van der Waals surface area contributed by atoms with Gasteiger partial charge in [0.25, 0.3) is 0 Å². The Morgan fingerprint density at radius 3 is 2.59 bits per heavy atom. The van der Waals surface area contributed by atoms with E-state index < -0.39 is 11.5 Å². The molecule has 1 aliphatic heterocycles. The maximum absolute atomic E-state index is 13.0. The largest absolute Gasteiger partial charge is 0.466 e. The molecule has 6 heteroatoms. The molecule has 3 rings (SSSR count). The number of methoxy groups -OCH3 is 1. The Hall–Kier alpha value is -2.37. The molecular formula is C21H28N2O4. The van der Waals surface area contributed by atoms with Crippen LogP contribution in [0.1, 0.15) is 64.0 Å². The second-order valence-electron chi connectivity index (χ2n) is 7.66. The van der Waals surface area contributed by atoms with Crippen molar-refractivity contribution in [2.75, 3.05) is 7.11 Å². The van der Waals surface area contributed by atoms with Crippen LogP contribution in [0.4, 0.5) is 0 Å². The van der Waals surface area contributed by atoms with E-state index in [0.29, 0.717) is 17.7 Å². The SMILES string of the molecule is COC(=O)C1=C(C)NC(C)(C(=O)OC2CCCCC2)CC1c1ccccn1. The summed E-state index contributed by atoms with van der Waals surface area (Å²) in [5.41, 5.74) is 0.975. The highest BCUT2D eigenvalue weighted by Crippen LogP contribution is 2.39. The molecule has 0 amide bonds. The fourth-order valence-electron chi connectivity index (χ4n) is 4.14. The number of carbonyl (C=O) groups is 2. The number of nitrogens with zero attached hydrogens (tertiary/aromatic N) is 1. The Balaban J connectivity index is 1.89. The Morgan fingerprint density at radius 1 is 1.22 bits per heavy atom. The summed E-state index contributed by atoms with van der Waals surface area (Å²) < 4.78 is 10.8. The zero-order valence-electron chi connectivity index (χ0n) is 16.3. The van der Waals surface area contributed by atoms with Gasteiger partial charge in [-0.15, -0.1) is 0 Å². The molecule has 1 fully saturated rings. The first-order chi connectivity index (χ1) is 12.9. The molecule has 0 bridgehead atoms. The van der Waals surface area contributed by atoms with Gasteiger partial charge in [0.1, 0.15) is 11.6 Å². The van der Waals surface area contributed by atoms with Gasteiger partial charge in [0.2, 0.25) is 0 Å². The number of nitrogens with one attached hydrogen (secondary N) is 1. The number of ether oxygens (including phenoxy) is 2. The minimum Gasteiger partial charge on any atom is -0.466 e. The average molecular weight is 372 g/mol. The highest BCUT2D eigenvalue weighted by atomic mass is 16.5. The topological polar surface area (TPSA) is 77.5 Å². The molecule has 0 saturated heterocycles. The summed E-state index contributed by atoms with van der Waals surface area (Å²) in [4.78, 5) is 29.8. The highest BCUT2D eigenvalue weighted by Gasteiger charge is 2.45. The van der Waals surface area contributed by atoms with Crippen molar-refractivity contribution in [3.8, 4) is 0 Å². The van der Waals surface area contributed by atoms with Gasteiger partial charge in [-0.2, -0.15) is 0 Å². The summed E-state index contributed by atoms with van der Waals surface area (Å²) in [6.07, 6.45) is 7.33. The lowest BCUT2D eigenvalue weighted by Gasteiger charge is -2.40. The number of pyridine rings is 1. The van der Waals surface area contributed by atoms with Crippen molar-refractivity contribution in [1.82, 2.24) is 10.3 Å². The Bertz CT molecular complexity index is 725. The van der Waals surface area contributed by atoms with E-state index in [2.05, 4.69) is 10.3 Å². The Labute approximate surface area is 160 Å². The van der Waals surface area contributed by atoms with Crippen LogP contribution in [0, 0.1) is 0 Å². The lowest BCUT2D eigenvalue weighted by atomic mass is 9.78. The summed E-state index contributed by atoms with van der Waals surface area (Å²) in [5, 5.41) is 3.22. The molecular weight excluding hydrogens is 344 g/mol. The summed E-state index contributed by atoms with van der Waals surface area (Å²) in [7, 11) is 1.36. The van der Waals surface area contributed by atoms with Gasteiger partial charge in [0.05, 0.1) is 12.7 Å². The molecule has 27 heavy (non-hydrogen) atoms. The van der Waals surface area contributed by atoms with Crippen LogP contribution >= 0.6 is 0 Å². The number of carbonyl (C=O) groups excluding carboxylic acids is 2. The fraction of sp³-hybridized carbons (Fsp3) is 0.571. The van der Waals surface area contributed by atoms with Gasteiger partial charge in [0, 0.05) is 23.5 Å². The van der Waals surface area contributed by atoms with E-state index in [0.717, 1.165) is 31.4 Å². The maximum Gasteiger partial charge on any atom is 0.336 e. The predicted molar refractivity (Wildman–Crippen MR) is 101 cm³/mol. The van der Waals surface area contributed by atoms with Crippen molar-refractivity contribution in [3.63, 3.8) is 0 Å². The Kier molecular flexibility index (Phi) is 5.82. The van der Waals surface area contributed by atoms with Gasteiger partial charge in [0.15, 0.2) is 0 Å². The smallest absolute Gasteiger partial charge is 0.336 e. The second-order valence-corrected chi connectivity index (χ2v) is 7.66. The summed E-state index contributed by atoms with van der Waals surface area (Å²) >= 11 is 0. The first-order valence-electron chi connectivity index (χ1n) is 9.64. The molecule has 1 aromatic rings. The van der Waals surface area contributed by atoms with Crippen molar-refractivity contribution < 1.29 is 19.1 Å². The minimum absolute atomic E-state index is 0.00975. The van der Waals surface area contributed by atoms with Crippen molar-refractivity contribution >= 4 is 11.9 Å². The Morgan fingerprint density at radius 2 is 1.96 bits per heavy atom. The van der Waals surface area contributed by atoms with Crippen molar-refractivity contribution in [1.29, 1.82) is 0 Å². The van der Waals surface area contributed by atoms with Crippen LogP contribution in [0.25, 0.3) is 0 Å². The lowest BCUT2D eigenvalue weighted by Crippen LogP contribution is -2.55. The van der Waals surface area contributed by atoms with Crippen LogP contribution in [-0.4, -0.2) is 35.7 Å². The van der Waals surface area contributed by atoms with E-state index in [4.69, 9.17) is 9.47 Å². The number of rotatable bonds is 4. The van der Waals surface area contributed by atoms with Gasteiger partial charge in [-0.3, -0.25) is 4.98 Å². The number of aromatic nitrogens is 1. The second kappa shape index (κ2) is 8.11. The molecule has 0 aromatic carbocycles. The molecule has 1 aliphatic carbocycles. The molecule has 0 spiro atoms. The third-order valence-electron chi connectivity index (χ3n) is 5.55. The maximum atomic E-state index is 13.0. The molecule has 2 unspecified atom stereocenters. The summed E-state index contributed by atoms with van der Waals surface area (Å²) in [5.74, 6) is -0.999. The quantitative estimate of drug-likeness (QED) is 0.818. The number of hydrogen-bond donors (Lipinski definition) is 1. The van der Waals surface area contributed by atoms with E-state index in [1.54, 1.807) is 13.1 Å². The zero-order chi connectivity index (χ0) is 19.4. The van der Waals surface area contributed by atoms with Crippen LogP contribution < -0.4 is 5.32 Å². The van der Waals surface area contributed by atoms with Crippen molar-refractivity contribution in [3.05, 3.63) is 41.4 Å². The van der Waals surface area contributed by atoms with Crippen LogP contribution in [0.15, 0.2) is 35.7 Å². The number of hydrogen-bond acceptors (Lipinski definition) is 6. The van der Waals surface area contributed by atoms with Gasteiger partial charge in [-0.1, -0.05) is 12.5 Å². The van der Waals surface area contributed by atoms with Gasteiger partial charge >= 0.3 is 11.9 Å². The van der Waals surface area contributed by atoms with Gasteiger partial charge < -0.3 is 14.8 Å². The van der Waals surface area contributed by atoms with Crippen LogP contribution in [0.2, 0.25) is 0 Å². The molecule has 2 atom stereocenters. The van der Waals surface area contributed by atoms with Gasteiger partial charge in [-0.25, -0.2) is 9.59 Å². The normalized spacial score (nSPS) is 26.3. The van der Waals surface area contributed by atoms with E-state index in [-0.39, 0.29) is 18.0 Å². The first kappa shape index (κ1) is 19.4. The minimum atomic E-state index is -0.915. The predicted octanol–water partition coefficient (Wildman–Crippen LogP) is 3.24. The molecule has 2 heterocycles. The van der Waals surface area contributed by atoms with E-state index in [1.165, 1.54) is 13.5 Å². The standard InChI is InChI=1S/C21H28N2O4/c1-14-18(19(24)26-3)16(17-11-7-8-12-22-17)13-21(2,23-14)20(25)27-15-9-5-4-6-10-15/h7-8,11-12,15-16,23H,4-6,9-10,13H2,1-3H3. The first-order valence-corrected chi connectivity index (χ1v) is 9.64. The zero-order valence-corrected chi connectivity index (χ0v) is 16.3. The summed E-state index contributed by atoms with van der Waals surface area (Å²) in [6.45, 7) is 3.64. The van der Waals surface area contributed by atoms with Gasteiger partial charge in [-0.05, 0) is 58.1 Å². The van der Waals surface area contributed by atoms with Crippen LogP contribution in [0.3, 0.4) is 0 Å². The molecule has 2 aliphatic rings. The highest BCUT2D eigenvalue weighted by molar-refractivity contribution is 5.92.